The fraction of sp³-hybridized carbons (Fsp3) is 0.478. The Kier molecular flexibility index (Phi) is 4.52. The van der Waals surface area contributed by atoms with E-state index in [1.807, 2.05) is 12.1 Å². The van der Waals surface area contributed by atoms with Gasteiger partial charge in [-0.1, -0.05) is 25.0 Å². The maximum Gasteiger partial charge on any atom is 0.231 e. The number of halogens is 1. The van der Waals surface area contributed by atoms with Crippen LogP contribution in [0.25, 0.3) is 0 Å². The molecule has 28 heavy (non-hydrogen) atoms. The van der Waals surface area contributed by atoms with E-state index in [9.17, 15) is 9.50 Å². The lowest BCUT2D eigenvalue weighted by Crippen LogP contribution is -3.13. The van der Waals surface area contributed by atoms with Gasteiger partial charge in [0.2, 0.25) is 6.79 Å². The highest BCUT2D eigenvalue weighted by Crippen LogP contribution is 2.45. The highest BCUT2D eigenvalue weighted by molar-refractivity contribution is 5.45. The summed E-state index contributed by atoms with van der Waals surface area (Å²) in [5.74, 6) is 1.58. The summed E-state index contributed by atoms with van der Waals surface area (Å²) in [6.07, 6.45) is 4.97. The largest absolute Gasteiger partial charge is 0.454 e. The third kappa shape index (κ3) is 3.16. The minimum atomic E-state index is -0.593. The molecule has 1 unspecified atom stereocenters. The van der Waals surface area contributed by atoms with Crippen LogP contribution in [0.1, 0.15) is 49.3 Å². The number of rotatable bonds is 3. The molecule has 1 saturated carbocycles. The van der Waals surface area contributed by atoms with Gasteiger partial charge in [-0.2, -0.15) is 0 Å². The standard InChI is InChI=1S/C23H26FNO3/c24-18-5-3-4-16(12-18)14-25-11-10-23(26)9-2-1-6-19(23)22(25)17-7-8-20-21(13-17)28-15-27-20/h3-5,7-8,12-13,19,22,26H,1-2,6,9-11,14-15H2/p+1/t19-,22+,23-/m1/s1. The van der Waals surface area contributed by atoms with Crippen molar-refractivity contribution in [2.75, 3.05) is 13.3 Å². The average molecular weight is 384 g/mol. The van der Waals surface area contributed by atoms with Crippen LogP contribution in [-0.2, 0) is 6.54 Å². The number of aliphatic hydroxyl groups is 1. The molecule has 3 aliphatic rings. The lowest BCUT2D eigenvalue weighted by Gasteiger charge is -2.50. The molecule has 148 valence electrons. The highest BCUT2D eigenvalue weighted by atomic mass is 19.1. The first-order valence-electron chi connectivity index (χ1n) is 10.3. The third-order valence-electron chi connectivity index (χ3n) is 6.86. The van der Waals surface area contributed by atoms with Crippen molar-refractivity contribution in [2.24, 2.45) is 5.92 Å². The molecule has 2 aromatic carbocycles. The van der Waals surface area contributed by atoms with E-state index in [0.29, 0.717) is 0 Å². The summed E-state index contributed by atoms with van der Waals surface area (Å²) in [4.78, 5) is 1.39. The maximum atomic E-state index is 13.7. The molecule has 2 N–H and O–H groups in total. The van der Waals surface area contributed by atoms with Gasteiger partial charge in [0.15, 0.2) is 11.5 Å². The number of benzene rings is 2. The number of quaternary nitrogens is 1. The summed E-state index contributed by atoms with van der Waals surface area (Å²) >= 11 is 0. The van der Waals surface area contributed by atoms with Gasteiger partial charge in [-0.25, -0.2) is 4.39 Å². The van der Waals surface area contributed by atoms with Crippen LogP contribution in [0.15, 0.2) is 42.5 Å². The molecule has 4 atom stereocenters. The average Bonchev–Trinajstić information content (AvgIpc) is 3.16. The molecule has 0 spiro atoms. The quantitative estimate of drug-likeness (QED) is 0.855. The molecule has 1 saturated heterocycles. The van der Waals surface area contributed by atoms with Gasteiger partial charge in [-0.3, -0.25) is 0 Å². The van der Waals surface area contributed by atoms with Gasteiger partial charge in [-0.05, 0) is 43.2 Å². The fourth-order valence-electron chi connectivity index (χ4n) is 5.54. The second-order valence-corrected chi connectivity index (χ2v) is 8.51. The van der Waals surface area contributed by atoms with Crippen molar-refractivity contribution in [3.05, 3.63) is 59.4 Å². The van der Waals surface area contributed by atoms with Crippen molar-refractivity contribution in [3.63, 3.8) is 0 Å². The molecule has 4 nitrogen and oxygen atoms in total. The Bertz CT molecular complexity index is 873. The predicted molar refractivity (Wildman–Crippen MR) is 103 cm³/mol. The van der Waals surface area contributed by atoms with E-state index in [2.05, 4.69) is 12.1 Å². The topological polar surface area (TPSA) is 43.1 Å². The normalized spacial score (nSPS) is 31.4. The molecule has 0 aromatic heterocycles. The zero-order valence-electron chi connectivity index (χ0n) is 16.0. The van der Waals surface area contributed by atoms with Crippen LogP contribution in [0.4, 0.5) is 4.39 Å². The van der Waals surface area contributed by atoms with E-state index in [1.165, 1.54) is 16.5 Å². The first kappa shape index (κ1) is 18.0. The number of likely N-dealkylation sites (tertiary alicyclic amines) is 1. The van der Waals surface area contributed by atoms with Crippen molar-refractivity contribution in [1.82, 2.24) is 0 Å². The smallest absolute Gasteiger partial charge is 0.231 e. The van der Waals surface area contributed by atoms with Crippen LogP contribution in [0.5, 0.6) is 11.5 Å². The number of hydrogen-bond acceptors (Lipinski definition) is 3. The summed E-state index contributed by atoms with van der Waals surface area (Å²) in [7, 11) is 0. The first-order chi connectivity index (χ1) is 13.6. The third-order valence-corrected chi connectivity index (χ3v) is 6.86. The zero-order valence-corrected chi connectivity index (χ0v) is 16.0. The van der Waals surface area contributed by atoms with E-state index in [-0.39, 0.29) is 24.6 Å². The van der Waals surface area contributed by atoms with Crippen LogP contribution in [0.3, 0.4) is 0 Å². The molecule has 1 aliphatic carbocycles. The summed E-state index contributed by atoms with van der Waals surface area (Å²) in [5, 5.41) is 11.4. The second kappa shape index (κ2) is 7.05. The Hall–Kier alpha value is -2.11. The molecule has 0 radical (unpaired) electrons. The molecule has 2 heterocycles. The lowest BCUT2D eigenvalue weighted by molar-refractivity contribution is -0.958. The Balaban J connectivity index is 1.51. The molecule has 2 fully saturated rings. The van der Waals surface area contributed by atoms with Crippen LogP contribution >= 0.6 is 0 Å². The summed E-state index contributed by atoms with van der Waals surface area (Å²) < 4.78 is 24.8. The number of nitrogens with one attached hydrogen (secondary N) is 1. The Labute approximate surface area is 164 Å². The zero-order chi connectivity index (χ0) is 19.1. The van der Waals surface area contributed by atoms with Crippen LogP contribution in [-0.4, -0.2) is 24.0 Å². The minimum absolute atomic E-state index is 0.164. The molecule has 5 rings (SSSR count). The number of ether oxygens (including phenoxy) is 2. The molecule has 2 aromatic rings. The van der Waals surface area contributed by atoms with E-state index < -0.39 is 5.60 Å². The fourth-order valence-corrected chi connectivity index (χ4v) is 5.54. The Morgan fingerprint density at radius 2 is 1.96 bits per heavy atom. The van der Waals surface area contributed by atoms with E-state index in [0.717, 1.165) is 62.3 Å². The van der Waals surface area contributed by atoms with Gasteiger partial charge in [0, 0.05) is 23.5 Å². The molecular formula is C23H27FNO3+. The number of fused-ring (bicyclic) bond motifs is 2. The molecule has 2 aliphatic heterocycles. The number of piperidine rings is 1. The van der Waals surface area contributed by atoms with E-state index in [1.54, 1.807) is 12.1 Å². The van der Waals surface area contributed by atoms with Crippen molar-refractivity contribution in [2.45, 2.75) is 50.3 Å². The van der Waals surface area contributed by atoms with Gasteiger partial charge < -0.3 is 19.5 Å². The molecular weight excluding hydrogens is 357 g/mol. The van der Waals surface area contributed by atoms with Crippen molar-refractivity contribution in [3.8, 4) is 11.5 Å². The van der Waals surface area contributed by atoms with Gasteiger partial charge in [-0.15, -0.1) is 0 Å². The highest BCUT2D eigenvalue weighted by Gasteiger charge is 2.51. The summed E-state index contributed by atoms with van der Waals surface area (Å²) in [6.45, 7) is 1.89. The predicted octanol–water partition coefficient (Wildman–Crippen LogP) is 3.01. The van der Waals surface area contributed by atoms with Gasteiger partial charge in [0.05, 0.1) is 12.1 Å². The number of hydrogen-bond donors (Lipinski definition) is 2. The van der Waals surface area contributed by atoms with E-state index >= 15 is 0 Å². The Morgan fingerprint density at radius 3 is 2.86 bits per heavy atom. The van der Waals surface area contributed by atoms with Crippen LogP contribution in [0, 0.1) is 11.7 Å². The first-order valence-corrected chi connectivity index (χ1v) is 10.3. The molecule has 0 bridgehead atoms. The molecule has 5 heteroatoms. The van der Waals surface area contributed by atoms with E-state index in [4.69, 9.17) is 9.47 Å². The summed E-state index contributed by atoms with van der Waals surface area (Å²) in [6, 6.07) is 13.2. The molecule has 0 amide bonds. The SMILES string of the molecule is O[C@@]12CCCC[C@@H]1[C@H](c1ccc3c(c1)OCO3)[NH+](Cc1cccc(F)c1)CC2. The monoisotopic (exact) mass is 384 g/mol. The van der Waals surface area contributed by atoms with Crippen LogP contribution in [0.2, 0.25) is 0 Å². The van der Waals surface area contributed by atoms with Crippen molar-refractivity contribution in [1.29, 1.82) is 0 Å². The van der Waals surface area contributed by atoms with Crippen molar-refractivity contribution >= 4 is 0 Å². The Morgan fingerprint density at radius 1 is 1.07 bits per heavy atom. The van der Waals surface area contributed by atoms with Gasteiger partial charge in [0.25, 0.3) is 0 Å². The summed E-state index contributed by atoms with van der Waals surface area (Å²) in [5.41, 5.74) is 1.59. The second-order valence-electron chi connectivity index (χ2n) is 8.51. The van der Waals surface area contributed by atoms with Crippen molar-refractivity contribution < 1.29 is 23.9 Å². The van der Waals surface area contributed by atoms with Gasteiger partial charge in [0.1, 0.15) is 18.4 Å². The maximum absolute atomic E-state index is 13.7. The van der Waals surface area contributed by atoms with Crippen LogP contribution < -0.4 is 14.4 Å². The lowest BCUT2D eigenvalue weighted by atomic mass is 9.66. The van der Waals surface area contributed by atoms with Gasteiger partial charge >= 0.3 is 0 Å². The minimum Gasteiger partial charge on any atom is -0.454 e.